The van der Waals surface area contributed by atoms with E-state index >= 15 is 0 Å². The Kier molecular flexibility index (Phi) is 6.26. The van der Waals surface area contributed by atoms with E-state index in [1.54, 1.807) is 0 Å². The highest BCUT2D eigenvalue weighted by Gasteiger charge is 2.32. The van der Waals surface area contributed by atoms with Crippen molar-refractivity contribution in [2.45, 2.75) is 33.6 Å². The second kappa shape index (κ2) is 9.09. The maximum absolute atomic E-state index is 12.5. The first-order valence-electron chi connectivity index (χ1n) is 11.4. The maximum atomic E-state index is 12.5. The molecule has 0 radical (unpaired) electrons. The minimum atomic E-state index is 0.0102. The molecule has 2 aromatic carbocycles. The summed E-state index contributed by atoms with van der Waals surface area (Å²) in [7, 11) is 2.12. The highest BCUT2D eigenvalue weighted by Crippen LogP contribution is 2.38. The van der Waals surface area contributed by atoms with Gasteiger partial charge in [-0.05, 0) is 61.3 Å². The molecule has 4 rings (SSSR count). The van der Waals surface area contributed by atoms with Crippen LogP contribution in [0.4, 0.5) is 0 Å². The summed E-state index contributed by atoms with van der Waals surface area (Å²) in [6, 6.07) is 17.8. The molecule has 1 amide bonds. The number of carbonyl (C=O) groups excluding carboxylic acids is 1. The molecule has 3 atom stereocenters. The zero-order chi connectivity index (χ0) is 22.0. The number of imidazole rings is 1. The zero-order valence-corrected chi connectivity index (χ0v) is 19.0. The molecule has 1 aromatic heterocycles. The van der Waals surface area contributed by atoms with Crippen molar-refractivity contribution in [3.8, 4) is 0 Å². The van der Waals surface area contributed by atoms with Crippen molar-refractivity contribution < 1.29 is 4.79 Å². The highest BCUT2D eigenvalue weighted by molar-refractivity contribution is 5.94. The van der Waals surface area contributed by atoms with Gasteiger partial charge >= 0.3 is 0 Å². The molecular weight excluding hydrogens is 382 g/mol. The molecule has 1 heterocycles. The molecule has 0 aliphatic heterocycles. The number of hydrogen-bond donors (Lipinski definition) is 1. The Bertz CT molecular complexity index is 1080. The topological polar surface area (TPSA) is 46.9 Å². The quantitative estimate of drug-likeness (QED) is 0.548. The van der Waals surface area contributed by atoms with E-state index in [1.165, 1.54) is 11.1 Å². The number of benzene rings is 2. The molecule has 4 nitrogen and oxygen atoms in total. The summed E-state index contributed by atoms with van der Waals surface area (Å²) < 4.78 is 2.24. The molecule has 1 aliphatic rings. The number of nitrogens with zero attached hydrogens (tertiary/aromatic N) is 2. The van der Waals surface area contributed by atoms with Gasteiger partial charge in [-0.15, -0.1) is 0 Å². The lowest BCUT2D eigenvalue weighted by Crippen LogP contribution is -2.37. The SMILES string of the molecule is CC1=CC(CNC(=O)c2ccccc2)C(C(C)C)CC1Cc1nc2ccccc2n1C. The van der Waals surface area contributed by atoms with Gasteiger partial charge in [0.2, 0.25) is 0 Å². The largest absolute Gasteiger partial charge is 0.351 e. The second-order valence-electron chi connectivity index (χ2n) is 9.27. The van der Waals surface area contributed by atoms with Crippen molar-refractivity contribution in [2.24, 2.45) is 30.7 Å². The third-order valence-electron chi connectivity index (χ3n) is 6.93. The number of fused-ring (bicyclic) bond motifs is 1. The van der Waals surface area contributed by atoms with E-state index in [0.717, 1.165) is 29.7 Å². The van der Waals surface area contributed by atoms with Crippen LogP contribution in [-0.2, 0) is 13.5 Å². The second-order valence-corrected chi connectivity index (χ2v) is 9.27. The first-order chi connectivity index (χ1) is 14.9. The third-order valence-corrected chi connectivity index (χ3v) is 6.93. The number of para-hydroxylation sites is 2. The Morgan fingerprint density at radius 1 is 1.13 bits per heavy atom. The van der Waals surface area contributed by atoms with Crippen LogP contribution in [0.3, 0.4) is 0 Å². The Hall–Kier alpha value is -2.88. The molecule has 1 N–H and O–H groups in total. The van der Waals surface area contributed by atoms with Crippen molar-refractivity contribution in [1.82, 2.24) is 14.9 Å². The van der Waals surface area contributed by atoms with Gasteiger partial charge in [-0.2, -0.15) is 0 Å². The predicted molar refractivity (Wildman–Crippen MR) is 127 cm³/mol. The summed E-state index contributed by atoms with van der Waals surface area (Å²) in [6.07, 6.45) is 4.50. The highest BCUT2D eigenvalue weighted by atomic mass is 16.1. The number of aromatic nitrogens is 2. The Morgan fingerprint density at radius 3 is 2.55 bits per heavy atom. The lowest BCUT2D eigenvalue weighted by molar-refractivity contribution is 0.0939. The average molecular weight is 416 g/mol. The Balaban J connectivity index is 1.49. The van der Waals surface area contributed by atoms with E-state index in [4.69, 9.17) is 4.98 Å². The van der Waals surface area contributed by atoms with Gasteiger partial charge in [0.05, 0.1) is 11.0 Å². The van der Waals surface area contributed by atoms with Crippen LogP contribution in [0.5, 0.6) is 0 Å². The standard InChI is InChI=1S/C27H33N3O/c1-18(2)23-15-21(16-26-29-24-12-8-9-13-25(24)30(26)4)19(3)14-22(23)17-28-27(31)20-10-6-5-7-11-20/h5-14,18,21-23H,15-17H2,1-4H3,(H,28,31). The molecule has 3 unspecified atom stereocenters. The third kappa shape index (κ3) is 4.58. The molecule has 0 fully saturated rings. The summed E-state index contributed by atoms with van der Waals surface area (Å²) in [4.78, 5) is 17.4. The van der Waals surface area contributed by atoms with Crippen molar-refractivity contribution in [3.63, 3.8) is 0 Å². The normalized spacial score (nSPS) is 21.3. The summed E-state index contributed by atoms with van der Waals surface area (Å²) >= 11 is 0. The minimum absolute atomic E-state index is 0.0102. The number of aryl methyl sites for hydroxylation is 1. The number of nitrogens with one attached hydrogen (secondary N) is 1. The molecule has 0 saturated carbocycles. The molecule has 31 heavy (non-hydrogen) atoms. The van der Waals surface area contributed by atoms with Gasteiger partial charge in [0.1, 0.15) is 5.82 Å². The lowest BCUT2D eigenvalue weighted by Gasteiger charge is -2.37. The van der Waals surface area contributed by atoms with Crippen LogP contribution in [0.25, 0.3) is 11.0 Å². The molecular formula is C27H33N3O. The fraction of sp³-hybridized carbons (Fsp3) is 0.407. The maximum Gasteiger partial charge on any atom is 0.251 e. The molecule has 162 valence electrons. The van der Waals surface area contributed by atoms with E-state index in [2.05, 4.69) is 62.0 Å². The van der Waals surface area contributed by atoms with Crippen molar-refractivity contribution in [2.75, 3.05) is 6.54 Å². The van der Waals surface area contributed by atoms with Crippen LogP contribution >= 0.6 is 0 Å². The van der Waals surface area contributed by atoms with Gasteiger partial charge in [0.25, 0.3) is 5.91 Å². The van der Waals surface area contributed by atoms with Gasteiger partial charge in [0, 0.05) is 25.6 Å². The van der Waals surface area contributed by atoms with E-state index < -0.39 is 0 Å². The molecule has 1 aliphatic carbocycles. The summed E-state index contributed by atoms with van der Waals surface area (Å²) in [5.74, 6) is 3.12. The van der Waals surface area contributed by atoms with Crippen molar-refractivity contribution >= 4 is 16.9 Å². The van der Waals surface area contributed by atoms with Gasteiger partial charge in [-0.1, -0.05) is 55.8 Å². The van der Waals surface area contributed by atoms with Gasteiger partial charge in [-0.25, -0.2) is 4.98 Å². The van der Waals surface area contributed by atoms with E-state index in [1.807, 2.05) is 36.4 Å². The van der Waals surface area contributed by atoms with Crippen LogP contribution in [-0.4, -0.2) is 22.0 Å². The Labute approximate surface area is 185 Å². The van der Waals surface area contributed by atoms with E-state index in [-0.39, 0.29) is 5.91 Å². The van der Waals surface area contributed by atoms with Gasteiger partial charge < -0.3 is 9.88 Å². The zero-order valence-electron chi connectivity index (χ0n) is 19.0. The lowest BCUT2D eigenvalue weighted by atomic mass is 9.69. The Morgan fingerprint density at radius 2 is 1.84 bits per heavy atom. The number of carbonyl (C=O) groups is 1. The van der Waals surface area contributed by atoms with E-state index in [0.29, 0.717) is 30.2 Å². The van der Waals surface area contributed by atoms with E-state index in [9.17, 15) is 4.79 Å². The number of hydrogen-bond acceptors (Lipinski definition) is 2. The first kappa shape index (κ1) is 21.4. The fourth-order valence-corrected chi connectivity index (χ4v) is 5.01. The number of allylic oxidation sites excluding steroid dienone is 1. The summed E-state index contributed by atoms with van der Waals surface area (Å²) in [5, 5.41) is 3.17. The van der Waals surface area contributed by atoms with Gasteiger partial charge in [-0.3, -0.25) is 4.79 Å². The molecule has 0 bridgehead atoms. The van der Waals surface area contributed by atoms with Crippen LogP contribution < -0.4 is 5.32 Å². The van der Waals surface area contributed by atoms with Crippen LogP contribution in [0, 0.1) is 23.7 Å². The molecule has 0 saturated heterocycles. The average Bonchev–Trinajstić information content (AvgIpc) is 3.09. The fourth-order valence-electron chi connectivity index (χ4n) is 5.01. The van der Waals surface area contributed by atoms with Gasteiger partial charge in [0.15, 0.2) is 0 Å². The predicted octanol–water partition coefficient (Wildman–Crippen LogP) is 5.40. The first-order valence-corrected chi connectivity index (χ1v) is 11.4. The van der Waals surface area contributed by atoms with Crippen LogP contribution in [0.1, 0.15) is 43.4 Å². The monoisotopic (exact) mass is 415 g/mol. The van der Waals surface area contributed by atoms with Crippen molar-refractivity contribution in [1.29, 1.82) is 0 Å². The number of amides is 1. The number of rotatable bonds is 6. The minimum Gasteiger partial charge on any atom is -0.351 e. The molecule has 3 aromatic rings. The molecule has 4 heteroatoms. The van der Waals surface area contributed by atoms with Crippen LogP contribution in [0.2, 0.25) is 0 Å². The summed E-state index contributed by atoms with van der Waals surface area (Å²) in [5.41, 5.74) is 4.40. The smallest absolute Gasteiger partial charge is 0.251 e. The van der Waals surface area contributed by atoms with Crippen LogP contribution in [0.15, 0.2) is 66.2 Å². The van der Waals surface area contributed by atoms with Crippen molar-refractivity contribution in [3.05, 3.63) is 77.6 Å². The molecule has 0 spiro atoms. The summed E-state index contributed by atoms with van der Waals surface area (Å²) in [6.45, 7) is 7.54.